The molecule has 0 radical (unpaired) electrons. The molecule has 2 aromatic rings. The molecule has 0 aliphatic heterocycles. The predicted octanol–water partition coefficient (Wildman–Crippen LogP) is 3.52. The molecule has 2 rings (SSSR count). The van der Waals surface area contributed by atoms with Gasteiger partial charge in [0.15, 0.2) is 0 Å². The van der Waals surface area contributed by atoms with Gasteiger partial charge in [0, 0.05) is 28.8 Å². The third-order valence-electron chi connectivity index (χ3n) is 3.41. The van der Waals surface area contributed by atoms with Gasteiger partial charge >= 0.3 is 5.97 Å². The zero-order chi connectivity index (χ0) is 18.4. The van der Waals surface area contributed by atoms with Crippen molar-refractivity contribution in [2.24, 2.45) is 0 Å². The number of aromatic carboxylic acids is 1. The van der Waals surface area contributed by atoms with Crippen molar-refractivity contribution in [2.75, 3.05) is 19.5 Å². The molecule has 0 spiro atoms. The standard InChI is InChI=1S/C18H19NO5S/c1-11(25-16-7-5-4-6-15(16)18(21)22)17(20)19-12-8-13(23-2)10-14(9-12)24-3/h4-11H,1-3H3,(H,19,20)(H,21,22). The van der Waals surface area contributed by atoms with E-state index in [4.69, 9.17) is 9.47 Å². The van der Waals surface area contributed by atoms with Crippen molar-refractivity contribution in [3.8, 4) is 11.5 Å². The molecule has 2 N–H and O–H groups in total. The fourth-order valence-electron chi connectivity index (χ4n) is 2.11. The summed E-state index contributed by atoms with van der Waals surface area (Å²) in [6.45, 7) is 1.72. The fraction of sp³-hybridized carbons (Fsp3) is 0.222. The Kier molecular flexibility index (Phi) is 6.30. The summed E-state index contributed by atoms with van der Waals surface area (Å²) < 4.78 is 10.4. The smallest absolute Gasteiger partial charge is 0.336 e. The summed E-state index contributed by atoms with van der Waals surface area (Å²) in [6.07, 6.45) is 0. The second-order valence-electron chi connectivity index (χ2n) is 5.15. The molecule has 25 heavy (non-hydrogen) atoms. The van der Waals surface area contributed by atoms with Crippen LogP contribution in [0.25, 0.3) is 0 Å². The average Bonchev–Trinajstić information content (AvgIpc) is 2.61. The summed E-state index contributed by atoms with van der Waals surface area (Å²) in [4.78, 5) is 24.2. The maximum atomic E-state index is 12.4. The van der Waals surface area contributed by atoms with Gasteiger partial charge < -0.3 is 19.9 Å². The van der Waals surface area contributed by atoms with E-state index in [0.717, 1.165) is 0 Å². The van der Waals surface area contributed by atoms with E-state index >= 15 is 0 Å². The van der Waals surface area contributed by atoms with Crippen molar-refractivity contribution >= 4 is 29.3 Å². The molecule has 0 saturated heterocycles. The number of benzene rings is 2. The lowest BCUT2D eigenvalue weighted by molar-refractivity contribution is -0.115. The van der Waals surface area contributed by atoms with Crippen molar-refractivity contribution in [1.29, 1.82) is 0 Å². The first-order valence-corrected chi connectivity index (χ1v) is 8.35. The highest BCUT2D eigenvalue weighted by Crippen LogP contribution is 2.29. The Labute approximate surface area is 150 Å². The molecule has 132 valence electrons. The van der Waals surface area contributed by atoms with Gasteiger partial charge in [-0.05, 0) is 19.1 Å². The van der Waals surface area contributed by atoms with Crippen LogP contribution in [0.1, 0.15) is 17.3 Å². The van der Waals surface area contributed by atoms with E-state index in [2.05, 4.69) is 5.32 Å². The molecular formula is C18H19NO5S. The maximum absolute atomic E-state index is 12.4. The molecule has 1 atom stereocenters. The molecular weight excluding hydrogens is 342 g/mol. The number of methoxy groups -OCH3 is 2. The number of thioether (sulfide) groups is 1. The normalized spacial score (nSPS) is 11.5. The van der Waals surface area contributed by atoms with Gasteiger partial charge in [0.25, 0.3) is 0 Å². The number of hydrogen-bond donors (Lipinski definition) is 2. The van der Waals surface area contributed by atoms with Crippen LogP contribution < -0.4 is 14.8 Å². The van der Waals surface area contributed by atoms with Gasteiger partial charge in [0.1, 0.15) is 11.5 Å². The lowest BCUT2D eigenvalue weighted by atomic mass is 10.2. The quantitative estimate of drug-likeness (QED) is 0.734. The largest absolute Gasteiger partial charge is 0.497 e. The Bertz CT molecular complexity index is 756. The van der Waals surface area contributed by atoms with Crippen LogP contribution in [0.2, 0.25) is 0 Å². The lowest BCUT2D eigenvalue weighted by Crippen LogP contribution is -2.22. The number of anilines is 1. The molecule has 0 aromatic heterocycles. The van der Waals surface area contributed by atoms with Crippen LogP contribution in [0, 0.1) is 0 Å². The van der Waals surface area contributed by atoms with Crippen LogP contribution in [0.5, 0.6) is 11.5 Å². The first kappa shape index (κ1) is 18.7. The number of carboxylic acid groups (broad SMARTS) is 1. The van der Waals surface area contributed by atoms with E-state index in [9.17, 15) is 14.7 Å². The fourth-order valence-corrected chi connectivity index (χ4v) is 3.10. The van der Waals surface area contributed by atoms with Gasteiger partial charge in [-0.3, -0.25) is 4.79 Å². The number of carbonyl (C=O) groups is 2. The first-order chi connectivity index (χ1) is 11.9. The van der Waals surface area contributed by atoms with Crippen LogP contribution >= 0.6 is 11.8 Å². The van der Waals surface area contributed by atoms with Gasteiger partial charge in [-0.15, -0.1) is 11.8 Å². The predicted molar refractivity (Wildman–Crippen MR) is 96.9 cm³/mol. The Morgan fingerprint density at radius 3 is 2.24 bits per heavy atom. The molecule has 2 aromatic carbocycles. The molecule has 0 heterocycles. The second-order valence-corrected chi connectivity index (χ2v) is 6.53. The minimum atomic E-state index is -1.02. The van der Waals surface area contributed by atoms with Crippen LogP contribution in [0.4, 0.5) is 5.69 Å². The minimum absolute atomic E-state index is 0.176. The number of carbonyl (C=O) groups excluding carboxylic acids is 1. The van der Waals surface area contributed by atoms with Gasteiger partial charge in [0.05, 0.1) is 25.0 Å². The summed E-state index contributed by atoms with van der Waals surface area (Å²) >= 11 is 1.19. The summed E-state index contributed by atoms with van der Waals surface area (Å²) in [7, 11) is 3.06. The third-order valence-corrected chi connectivity index (χ3v) is 4.59. The highest BCUT2D eigenvalue weighted by Gasteiger charge is 2.19. The van der Waals surface area contributed by atoms with E-state index in [1.807, 2.05) is 0 Å². The number of hydrogen-bond acceptors (Lipinski definition) is 5. The Morgan fingerprint density at radius 2 is 1.68 bits per heavy atom. The maximum Gasteiger partial charge on any atom is 0.336 e. The Morgan fingerprint density at radius 1 is 1.08 bits per heavy atom. The van der Waals surface area contributed by atoms with Gasteiger partial charge in [-0.1, -0.05) is 12.1 Å². The number of ether oxygens (including phenoxy) is 2. The third kappa shape index (κ3) is 4.90. The Hall–Kier alpha value is -2.67. The molecule has 0 saturated carbocycles. The molecule has 0 aliphatic carbocycles. The Balaban J connectivity index is 2.12. The number of nitrogens with one attached hydrogen (secondary N) is 1. The van der Waals surface area contributed by atoms with E-state index in [0.29, 0.717) is 22.1 Å². The topological polar surface area (TPSA) is 84.9 Å². The van der Waals surface area contributed by atoms with Crippen molar-refractivity contribution in [1.82, 2.24) is 0 Å². The van der Waals surface area contributed by atoms with Crippen molar-refractivity contribution in [3.63, 3.8) is 0 Å². The molecule has 0 fully saturated rings. The lowest BCUT2D eigenvalue weighted by Gasteiger charge is -2.14. The van der Waals surface area contributed by atoms with Gasteiger partial charge in [-0.25, -0.2) is 4.79 Å². The SMILES string of the molecule is COc1cc(NC(=O)C(C)Sc2ccccc2C(=O)O)cc(OC)c1. The highest BCUT2D eigenvalue weighted by molar-refractivity contribution is 8.00. The highest BCUT2D eigenvalue weighted by atomic mass is 32.2. The van der Waals surface area contributed by atoms with Crippen LogP contribution in [-0.4, -0.2) is 36.5 Å². The zero-order valence-corrected chi connectivity index (χ0v) is 14.9. The average molecular weight is 361 g/mol. The van der Waals surface area contributed by atoms with Gasteiger partial charge in [0.2, 0.25) is 5.91 Å². The van der Waals surface area contributed by atoms with E-state index in [1.54, 1.807) is 43.3 Å². The van der Waals surface area contributed by atoms with E-state index in [1.165, 1.54) is 32.0 Å². The van der Waals surface area contributed by atoms with E-state index in [-0.39, 0.29) is 11.5 Å². The van der Waals surface area contributed by atoms with E-state index < -0.39 is 11.2 Å². The molecule has 7 heteroatoms. The molecule has 0 bridgehead atoms. The number of carboxylic acids is 1. The van der Waals surface area contributed by atoms with Crippen LogP contribution in [0.3, 0.4) is 0 Å². The van der Waals surface area contributed by atoms with Crippen LogP contribution in [0.15, 0.2) is 47.4 Å². The van der Waals surface area contributed by atoms with Crippen molar-refractivity contribution in [3.05, 3.63) is 48.0 Å². The summed E-state index contributed by atoms with van der Waals surface area (Å²) in [5.74, 6) is -0.147. The summed E-state index contributed by atoms with van der Waals surface area (Å²) in [5.41, 5.74) is 0.718. The summed E-state index contributed by atoms with van der Waals surface area (Å²) in [5, 5.41) is 11.5. The molecule has 1 amide bonds. The summed E-state index contributed by atoms with van der Waals surface area (Å²) in [6, 6.07) is 11.7. The molecule has 0 aliphatic rings. The molecule has 6 nitrogen and oxygen atoms in total. The number of rotatable bonds is 7. The van der Waals surface area contributed by atoms with Crippen molar-refractivity contribution in [2.45, 2.75) is 17.1 Å². The van der Waals surface area contributed by atoms with Crippen molar-refractivity contribution < 1.29 is 24.2 Å². The monoisotopic (exact) mass is 361 g/mol. The minimum Gasteiger partial charge on any atom is -0.497 e. The number of amides is 1. The first-order valence-electron chi connectivity index (χ1n) is 7.47. The second kappa shape index (κ2) is 8.43. The van der Waals surface area contributed by atoms with Crippen LogP contribution in [-0.2, 0) is 4.79 Å². The van der Waals surface area contributed by atoms with Gasteiger partial charge in [-0.2, -0.15) is 0 Å². The molecule has 1 unspecified atom stereocenters. The zero-order valence-electron chi connectivity index (χ0n) is 14.1.